The third kappa shape index (κ3) is 2.71. The van der Waals surface area contributed by atoms with Crippen molar-refractivity contribution in [2.75, 3.05) is 0 Å². The lowest BCUT2D eigenvalue weighted by atomic mass is 9.53. The zero-order valence-electron chi connectivity index (χ0n) is 14.3. The zero-order chi connectivity index (χ0) is 17.5. The van der Waals surface area contributed by atoms with Crippen LogP contribution in [0.25, 0.3) is 0 Å². The van der Waals surface area contributed by atoms with E-state index in [1.165, 1.54) is 16.7 Å². The maximum Gasteiger partial charge on any atom is 0.151 e. The van der Waals surface area contributed by atoms with Crippen molar-refractivity contribution in [3.05, 3.63) is 65.2 Å². The molecule has 3 atom stereocenters. The van der Waals surface area contributed by atoms with E-state index in [1.54, 1.807) is 6.07 Å². The number of nitrogens with zero attached hydrogens (tertiary/aromatic N) is 1. The molecular formula is C22H23NO2. The molecule has 0 spiro atoms. The summed E-state index contributed by atoms with van der Waals surface area (Å²) in [5, 5.41) is 29.9. The Morgan fingerprint density at radius 1 is 1.12 bits per heavy atom. The van der Waals surface area contributed by atoms with Gasteiger partial charge in [0.15, 0.2) is 5.60 Å². The second-order valence-electron chi connectivity index (χ2n) is 7.74. The van der Waals surface area contributed by atoms with Gasteiger partial charge in [-0.25, -0.2) is 0 Å². The molecule has 2 N–H and O–H groups in total. The Morgan fingerprint density at radius 2 is 1.92 bits per heavy atom. The predicted molar refractivity (Wildman–Crippen MR) is 96.2 cm³/mol. The molecule has 0 amide bonds. The fourth-order valence-corrected chi connectivity index (χ4v) is 5.06. The Morgan fingerprint density at radius 3 is 2.68 bits per heavy atom. The molecule has 2 aliphatic carbocycles. The molecule has 1 saturated carbocycles. The van der Waals surface area contributed by atoms with E-state index >= 15 is 0 Å². The summed E-state index contributed by atoms with van der Waals surface area (Å²) < 4.78 is 0. The standard InChI is InChI=1S/C22H23NO2/c23-15-21(25)10-11-22(13-16-4-2-1-3-5-16)18(14-21)7-6-17-12-19(24)8-9-20(17)22/h1-5,8-9,12,18,24-25H,6-7,10-11,13-14H2/t18-,21?,22+/m1/s1. The molecule has 128 valence electrons. The molecule has 0 saturated heterocycles. The van der Waals surface area contributed by atoms with Crippen molar-refractivity contribution in [1.29, 1.82) is 5.26 Å². The number of aryl methyl sites for hydroxylation is 1. The number of phenolic OH excluding ortho intramolecular Hbond substituents is 1. The van der Waals surface area contributed by atoms with Crippen molar-refractivity contribution in [3.63, 3.8) is 0 Å². The summed E-state index contributed by atoms with van der Waals surface area (Å²) in [6, 6.07) is 18.4. The van der Waals surface area contributed by atoms with Gasteiger partial charge in [-0.3, -0.25) is 0 Å². The van der Waals surface area contributed by atoms with Gasteiger partial charge in [0.1, 0.15) is 5.75 Å². The lowest BCUT2D eigenvalue weighted by Crippen LogP contribution is -2.50. The van der Waals surface area contributed by atoms with Gasteiger partial charge in [-0.2, -0.15) is 5.26 Å². The molecule has 2 aromatic rings. The Labute approximate surface area is 148 Å². The van der Waals surface area contributed by atoms with Gasteiger partial charge in [0, 0.05) is 5.41 Å². The second-order valence-corrected chi connectivity index (χ2v) is 7.74. The van der Waals surface area contributed by atoms with Crippen LogP contribution >= 0.6 is 0 Å². The van der Waals surface area contributed by atoms with Crippen LogP contribution in [-0.2, 0) is 18.3 Å². The van der Waals surface area contributed by atoms with Crippen LogP contribution in [0.15, 0.2) is 48.5 Å². The van der Waals surface area contributed by atoms with Crippen LogP contribution in [0.3, 0.4) is 0 Å². The molecule has 0 aliphatic heterocycles. The molecule has 1 unspecified atom stereocenters. The minimum atomic E-state index is -1.20. The van der Waals surface area contributed by atoms with Crippen molar-refractivity contribution in [2.24, 2.45) is 5.92 Å². The van der Waals surface area contributed by atoms with Crippen LogP contribution in [-0.4, -0.2) is 15.8 Å². The van der Waals surface area contributed by atoms with Gasteiger partial charge in [-0.1, -0.05) is 36.4 Å². The third-order valence-corrected chi connectivity index (χ3v) is 6.31. The minimum Gasteiger partial charge on any atom is -0.508 e. The molecule has 2 aliphatic rings. The van der Waals surface area contributed by atoms with Crippen LogP contribution in [0, 0.1) is 17.2 Å². The van der Waals surface area contributed by atoms with Crippen molar-refractivity contribution in [3.8, 4) is 11.8 Å². The smallest absolute Gasteiger partial charge is 0.151 e. The summed E-state index contributed by atoms with van der Waals surface area (Å²) in [5.41, 5.74) is 2.54. The van der Waals surface area contributed by atoms with E-state index in [1.807, 2.05) is 12.1 Å². The maximum absolute atomic E-state index is 10.6. The van der Waals surface area contributed by atoms with Gasteiger partial charge >= 0.3 is 0 Å². The number of hydrogen-bond donors (Lipinski definition) is 2. The highest BCUT2D eigenvalue weighted by molar-refractivity contribution is 5.44. The summed E-state index contributed by atoms with van der Waals surface area (Å²) in [5.74, 6) is 0.597. The lowest BCUT2D eigenvalue weighted by Gasteiger charge is -2.52. The van der Waals surface area contributed by atoms with Crippen LogP contribution in [0.4, 0.5) is 0 Å². The van der Waals surface area contributed by atoms with Crippen molar-refractivity contribution >= 4 is 0 Å². The van der Waals surface area contributed by atoms with E-state index in [9.17, 15) is 15.5 Å². The molecule has 2 aromatic carbocycles. The Balaban J connectivity index is 1.81. The van der Waals surface area contributed by atoms with Crippen LogP contribution < -0.4 is 0 Å². The third-order valence-electron chi connectivity index (χ3n) is 6.31. The highest BCUT2D eigenvalue weighted by Gasteiger charge is 2.51. The molecule has 0 radical (unpaired) electrons. The fourth-order valence-electron chi connectivity index (χ4n) is 5.06. The van der Waals surface area contributed by atoms with Gasteiger partial charge in [0.25, 0.3) is 0 Å². The van der Waals surface area contributed by atoms with E-state index in [-0.39, 0.29) is 11.3 Å². The van der Waals surface area contributed by atoms with Gasteiger partial charge in [0.2, 0.25) is 0 Å². The normalized spacial score (nSPS) is 30.8. The van der Waals surface area contributed by atoms with E-state index in [0.29, 0.717) is 18.6 Å². The first-order valence-corrected chi connectivity index (χ1v) is 9.05. The molecule has 0 heterocycles. The quantitative estimate of drug-likeness (QED) is 0.820. The molecule has 3 nitrogen and oxygen atoms in total. The van der Waals surface area contributed by atoms with Crippen molar-refractivity contribution in [2.45, 2.75) is 49.5 Å². The fraction of sp³-hybridized carbons (Fsp3) is 0.409. The highest BCUT2D eigenvalue weighted by atomic mass is 16.3. The summed E-state index contributed by atoms with van der Waals surface area (Å²) in [6.45, 7) is 0. The largest absolute Gasteiger partial charge is 0.508 e. The van der Waals surface area contributed by atoms with Gasteiger partial charge in [0.05, 0.1) is 6.07 Å². The Hall–Kier alpha value is -2.31. The topological polar surface area (TPSA) is 64.2 Å². The first kappa shape index (κ1) is 16.2. The number of rotatable bonds is 2. The van der Waals surface area contributed by atoms with Crippen LogP contribution in [0.2, 0.25) is 0 Å². The SMILES string of the molecule is N#CC1(O)CC[C@@]2(Cc3ccccc3)c3ccc(O)cc3CC[C@@H]2C1. The lowest BCUT2D eigenvalue weighted by molar-refractivity contribution is -0.00947. The second kappa shape index (κ2) is 5.89. The number of phenols is 1. The van der Waals surface area contributed by atoms with E-state index in [0.717, 1.165) is 25.7 Å². The number of nitriles is 1. The average molecular weight is 333 g/mol. The number of benzene rings is 2. The van der Waals surface area contributed by atoms with Gasteiger partial charge in [-0.05, 0) is 73.3 Å². The van der Waals surface area contributed by atoms with E-state index in [4.69, 9.17) is 0 Å². The van der Waals surface area contributed by atoms with E-state index in [2.05, 4.69) is 36.4 Å². The van der Waals surface area contributed by atoms with E-state index < -0.39 is 5.60 Å². The van der Waals surface area contributed by atoms with Crippen LogP contribution in [0.1, 0.15) is 42.4 Å². The zero-order valence-corrected chi connectivity index (χ0v) is 14.3. The average Bonchev–Trinajstić information content (AvgIpc) is 2.63. The number of hydrogen-bond acceptors (Lipinski definition) is 3. The van der Waals surface area contributed by atoms with Crippen molar-refractivity contribution < 1.29 is 10.2 Å². The summed E-state index contributed by atoms with van der Waals surface area (Å²) >= 11 is 0. The molecule has 0 bridgehead atoms. The molecule has 25 heavy (non-hydrogen) atoms. The predicted octanol–water partition coefficient (Wildman–Crippen LogP) is 3.87. The Kier molecular flexibility index (Phi) is 3.81. The first-order valence-electron chi connectivity index (χ1n) is 9.05. The summed E-state index contributed by atoms with van der Waals surface area (Å²) in [6.07, 6.45) is 4.61. The van der Waals surface area contributed by atoms with Gasteiger partial charge in [-0.15, -0.1) is 0 Å². The van der Waals surface area contributed by atoms with Gasteiger partial charge < -0.3 is 10.2 Å². The maximum atomic E-state index is 10.6. The van der Waals surface area contributed by atoms with Crippen LogP contribution in [0.5, 0.6) is 5.75 Å². The number of aromatic hydroxyl groups is 1. The molecule has 1 fully saturated rings. The summed E-state index contributed by atoms with van der Waals surface area (Å²) in [7, 11) is 0. The Bertz CT molecular complexity index is 826. The molecule has 4 rings (SSSR count). The first-order chi connectivity index (χ1) is 12.0. The number of aliphatic hydroxyl groups is 1. The number of fused-ring (bicyclic) bond motifs is 3. The summed E-state index contributed by atoms with van der Waals surface area (Å²) in [4.78, 5) is 0. The van der Waals surface area contributed by atoms with Crippen molar-refractivity contribution in [1.82, 2.24) is 0 Å². The minimum absolute atomic E-state index is 0.0638. The monoisotopic (exact) mass is 333 g/mol. The molecular weight excluding hydrogens is 310 g/mol. The molecule has 0 aromatic heterocycles. The highest BCUT2D eigenvalue weighted by Crippen LogP contribution is 2.54. The molecule has 3 heteroatoms.